The van der Waals surface area contributed by atoms with Gasteiger partial charge < -0.3 is 0 Å². The van der Waals surface area contributed by atoms with Crippen LogP contribution >= 0.6 is 0 Å². The molecule has 0 aliphatic heterocycles. The molecule has 0 fully saturated rings. The van der Waals surface area contributed by atoms with Crippen molar-refractivity contribution in [3.05, 3.63) is 62.8 Å². The Morgan fingerprint density at radius 2 is 2.04 bits per heavy atom. The van der Waals surface area contributed by atoms with E-state index >= 15 is 0 Å². The lowest BCUT2D eigenvalue weighted by atomic mass is 10.1. The molecule has 1 aromatic carbocycles. The van der Waals surface area contributed by atoms with E-state index in [0.29, 0.717) is 16.6 Å². The number of hydrogen-bond acceptors (Lipinski definition) is 5. The highest BCUT2D eigenvalue weighted by Crippen LogP contribution is 2.18. The molecular formula is C16H17N5O3. The van der Waals surface area contributed by atoms with Crippen molar-refractivity contribution in [3.8, 4) is 0 Å². The molecule has 0 saturated carbocycles. The van der Waals surface area contributed by atoms with Crippen molar-refractivity contribution in [2.24, 2.45) is 0 Å². The first kappa shape index (κ1) is 15.9. The van der Waals surface area contributed by atoms with E-state index in [2.05, 4.69) is 10.1 Å². The summed E-state index contributed by atoms with van der Waals surface area (Å²) in [6.45, 7) is 6.16. The summed E-state index contributed by atoms with van der Waals surface area (Å²) in [5.41, 5.74) is 0.684. The summed E-state index contributed by atoms with van der Waals surface area (Å²) in [4.78, 5) is 27.4. The minimum Gasteiger partial charge on any atom is -0.294 e. The van der Waals surface area contributed by atoms with Gasteiger partial charge in [0.2, 0.25) is 0 Å². The molecule has 2 heterocycles. The topological polar surface area (TPSA) is 95.8 Å². The van der Waals surface area contributed by atoms with E-state index in [0.717, 1.165) is 0 Å². The Bertz CT molecular complexity index is 981. The highest BCUT2D eigenvalue weighted by atomic mass is 16.6. The van der Waals surface area contributed by atoms with Crippen LogP contribution in [0.5, 0.6) is 0 Å². The van der Waals surface area contributed by atoms with E-state index < -0.39 is 4.92 Å². The van der Waals surface area contributed by atoms with Gasteiger partial charge in [0.15, 0.2) is 5.65 Å². The number of nitro benzene ring substituents is 1. The molecule has 0 atom stereocenters. The van der Waals surface area contributed by atoms with E-state index in [1.165, 1.54) is 29.2 Å². The van der Waals surface area contributed by atoms with Crippen molar-refractivity contribution >= 4 is 16.7 Å². The van der Waals surface area contributed by atoms with Crippen LogP contribution in [-0.4, -0.2) is 24.3 Å². The predicted octanol–water partition coefficient (Wildman–Crippen LogP) is 2.30. The van der Waals surface area contributed by atoms with E-state index in [1.807, 2.05) is 20.8 Å². The minimum atomic E-state index is -0.457. The Hall–Kier alpha value is -3.03. The van der Waals surface area contributed by atoms with Crippen molar-refractivity contribution in [2.75, 3.05) is 0 Å². The zero-order valence-electron chi connectivity index (χ0n) is 13.6. The van der Waals surface area contributed by atoms with Crippen LogP contribution < -0.4 is 5.56 Å². The molecule has 124 valence electrons. The monoisotopic (exact) mass is 327 g/mol. The average molecular weight is 327 g/mol. The molecule has 2 aromatic heterocycles. The van der Waals surface area contributed by atoms with Gasteiger partial charge in [-0.3, -0.25) is 19.5 Å². The Balaban J connectivity index is 2.03. The maximum absolute atomic E-state index is 12.6. The summed E-state index contributed by atoms with van der Waals surface area (Å²) in [6.07, 6.45) is 2.97. The second kappa shape index (κ2) is 5.55. The summed E-state index contributed by atoms with van der Waals surface area (Å²) >= 11 is 0. The van der Waals surface area contributed by atoms with Gasteiger partial charge in [0.25, 0.3) is 11.2 Å². The SMILES string of the molecule is CC(C)(C)n1ncc2c(=O)n(Cc3cccc([N+](=O)[O-])c3)cnc21. The minimum absolute atomic E-state index is 0.00450. The number of hydrogen-bond donors (Lipinski definition) is 0. The van der Waals surface area contributed by atoms with Crippen LogP contribution in [0.15, 0.2) is 41.6 Å². The smallest absolute Gasteiger partial charge is 0.269 e. The van der Waals surface area contributed by atoms with Crippen LogP contribution in [0.2, 0.25) is 0 Å². The Labute approximate surface area is 137 Å². The van der Waals surface area contributed by atoms with Crippen molar-refractivity contribution in [3.63, 3.8) is 0 Å². The molecule has 0 radical (unpaired) electrons. The summed E-state index contributed by atoms with van der Waals surface area (Å²) < 4.78 is 3.14. The van der Waals surface area contributed by atoms with Crippen molar-refractivity contribution in [1.82, 2.24) is 19.3 Å². The van der Waals surface area contributed by atoms with Crippen molar-refractivity contribution in [1.29, 1.82) is 0 Å². The number of rotatable bonds is 3. The first-order valence-electron chi connectivity index (χ1n) is 7.44. The quantitative estimate of drug-likeness (QED) is 0.543. The first-order chi connectivity index (χ1) is 11.3. The second-order valence-electron chi connectivity index (χ2n) is 6.57. The molecule has 3 aromatic rings. The molecule has 0 saturated heterocycles. The zero-order chi connectivity index (χ0) is 17.5. The molecule has 8 nitrogen and oxygen atoms in total. The van der Waals surface area contributed by atoms with Crippen molar-refractivity contribution < 1.29 is 4.92 Å². The lowest BCUT2D eigenvalue weighted by Crippen LogP contribution is -2.25. The number of benzene rings is 1. The highest BCUT2D eigenvalue weighted by Gasteiger charge is 2.19. The molecule has 3 rings (SSSR count). The van der Waals surface area contributed by atoms with Gasteiger partial charge in [-0.05, 0) is 26.3 Å². The highest BCUT2D eigenvalue weighted by molar-refractivity contribution is 5.73. The maximum atomic E-state index is 12.6. The van der Waals surface area contributed by atoms with Crippen LogP contribution in [0, 0.1) is 10.1 Å². The summed E-state index contributed by atoms with van der Waals surface area (Å²) in [7, 11) is 0. The number of aromatic nitrogens is 4. The molecule has 0 unspecified atom stereocenters. The van der Waals surface area contributed by atoms with Gasteiger partial charge in [-0.25, -0.2) is 9.67 Å². The Morgan fingerprint density at radius 1 is 1.29 bits per heavy atom. The maximum Gasteiger partial charge on any atom is 0.269 e. The second-order valence-corrected chi connectivity index (χ2v) is 6.57. The third-order valence-corrected chi connectivity index (χ3v) is 3.66. The zero-order valence-corrected chi connectivity index (χ0v) is 13.6. The molecule has 0 N–H and O–H groups in total. The van der Waals surface area contributed by atoms with Gasteiger partial charge in [0, 0.05) is 12.1 Å². The van der Waals surface area contributed by atoms with Crippen LogP contribution in [0.1, 0.15) is 26.3 Å². The number of nitro groups is 1. The van der Waals surface area contributed by atoms with Gasteiger partial charge in [0.1, 0.15) is 11.7 Å². The van der Waals surface area contributed by atoms with E-state index in [9.17, 15) is 14.9 Å². The Kier molecular flexibility index (Phi) is 3.67. The third-order valence-electron chi connectivity index (χ3n) is 3.66. The molecule has 8 heteroatoms. The van der Waals surface area contributed by atoms with Gasteiger partial charge >= 0.3 is 0 Å². The first-order valence-corrected chi connectivity index (χ1v) is 7.44. The van der Waals surface area contributed by atoms with Crippen LogP contribution in [0.3, 0.4) is 0 Å². The molecule has 0 amide bonds. The van der Waals surface area contributed by atoms with Gasteiger partial charge in [-0.15, -0.1) is 0 Å². The summed E-state index contributed by atoms with van der Waals surface area (Å²) in [6, 6.07) is 6.21. The molecular weight excluding hydrogens is 310 g/mol. The van der Waals surface area contributed by atoms with Crippen LogP contribution in [-0.2, 0) is 12.1 Å². The number of fused-ring (bicyclic) bond motifs is 1. The van der Waals surface area contributed by atoms with Crippen molar-refractivity contribution in [2.45, 2.75) is 32.9 Å². The van der Waals surface area contributed by atoms with Gasteiger partial charge in [0.05, 0.1) is 23.2 Å². The summed E-state index contributed by atoms with van der Waals surface area (Å²) in [5.74, 6) is 0. The molecule has 24 heavy (non-hydrogen) atoms. The van der Waals surface area contributed by atoms with Crippen LogP contribution in [0.25, 0.3) is 11.0 Å². The lowest BCUT2D eigenvalue weighted by Gasteiger charge is -2.19. The van der Waals surface area contributed by atoms with E-state index in [4.69, 9.17) is 0 Å². The molecule has 0 aliphatic rings. The fourth-order valence-electron chi connectivity index (χ4n) is 2.52. The van der Waals surface area contributed by atoms with Gasteiger partial charge in [-0.1, -0.05) is 12.1 Å². The van der Waals surface area contributed by atoms with Crippen LogP contribution in [0.4, 0.5) is 5.69 Å². The fourth-order valence-corrected chi connectivity index (χ4v) is 2.52. The fraction of sp³-hybridized carbons (Fsp3) is 0.312. The largest absolute Gasteiger partial charge is 0.294 e. The molecule has 0 bridgehead atoms. The Morgan fingerprint density at radius 3 is 2.71 bits per heavy atom. The van der Waals surface area contributed by atoms with E-state index in [1.54, 1.807) is 16.8 Å². The standard InChI is InChI=1S/C16H17N5O3/c1-16(2,3)20-14-13(8-18-20)15(22)19(10-17-14)9-11-5-4-6-12(7-11)21(23)24/h4-8,10H,9H2,1-3H3. The normalized spacial score (nSPS) is 11.8. The predicted molar refractivity (Wildman–Crippen MR) is 89.0 cm³/mol. The van der Waals surface area contributed by atoms with Gasteiger partial charge in [-0.2, -0.15) is 5.10 Å². The molecule has 0 aliphatic carbocycles. The number of nitrogens with zero attached hydrogens (tertiary/aromatic N) is 5. The average Bonchev–Trinajstić information content (AvgIpc) is 2.95. The lowest BCUT2D eigenvalue weighted by molar-refractivity contribution is -0.384. The summed E-state index contributed by atoms with van der Waals surface area (Å²) in [5, 5.41) is 15.6. The molecule has 0 spiro atoms. The van der Waals surface area contributed by atoms with E-state index in [-0.39, 0.29) is 23.3 Å². The number of non-ortho nitro benzene ring substituents is 1. The third kappa shape index (κ3) is 2.78.